The second-order valence-corrected chi connectivity index (χ2v) is 9.63. The third-order valence-electron chi connectivity index (χ3n) is 7.86. The predicted octanol–water partition coefficient (Wildman–Crippen LogP) is 5.22. The quantitative estimate of drug-likeness (QED) is 0.298. The van der Waals surface area contributed by atoms with E-state index in [0.29, 0.717) is 11.8 Å². The van der Waals surface area contributed by atoms with Crippen LogP contribution in [0.2, 0.25) is 0 Å². The number of nitrogens with zero attached hydrogens (tertiary/aromatic N) is 2. The number of hydrogen-bond acceptors (Lipinski definition) is 2. The average molecular weight is 314 g/mol. The van der Waals surface area contributed by atoms with Crippen LogP contribution >= 0.6 is 0 Å². The van der Waals surface area contributed by atoms with E-state index in [1.165, 1.54) is 17.6 Å². The second kappa shape index (κ2) is 4.10. The Morgan fingerprint density at radius 3 is 2.17 bits per heavy atom. The molecule has 23 heavy (non-hydrogen) atoms. The number of hydroxylamine groups is 1. The fourth-order valence-corrected chi connectivity index (χ4v) is 6.03. The van der Waals surface area contributed by atoms with Crippen molar-refractivity contribution in [3.05, 3.63) is 28.5 Å². The lowest BCUT2D eigenvalue weighted by atomic mass is 9.96. The first-order chi connectivity index (χ1) is 10.6. The van der Waals surface area contributed by atoms with Gasteiger partial charge in [-0.05, 0) is 50.7 Å². The molecule has 0 aromatic heterocycles. The Morgan fingerprint density at radius 2 is 1.52 bits per heavy atom. The first-order valence-corrected chi connectivity index (χ1v) is 9.16. The van der Waals surface area contributed by atoms with E-state index in [1.54, 1.807) is 0 Å². The normalized spacial score (nSPS) is 46.3. The lowest BCUT2D eigenvalue weighted by Gasteiger charge is -2.21. The topological polar surface area (TPSA) is 38.4 Å². The van der Waals surface area contributed by atoms with Crippen molar-refractivity contribution in [1.29, 1.82) is 0 Å². The highest BCUT2D eigenvalue weighted by Crippen LogP contribution is 2.72. The molecule has 0 aliphatic heterocycles. The van der Waals surface area contributed by atoms with Crippen LogP contribution in [0.4, 0.5) is 0 Å². The summed E-state index contributed by atoms with van der Waals surface area (Å²) in [5.41, 5.74) is 2.24. The van der Waals surface area contributed by atoms with Crippen molar-refractivity contribution in [2.24, 2.45) is 27.8 Å². The van der Waals surface area contributed by atoms with Gasteiger partial charge >= 0.3 is 0 Å². The molecule has 0 N–H and O–H groups in total. The van der Waals surface area contributed by atoms with Gasteiger partial charge in [0.2, 0.25) is 5.54 Å². The van der Waals surface area contributed by atoms with Gasteiger partial charge < -0.3 is 5.21 Å². The fourth-order valence-electron chi connectivity index (χ4n) is 6.03. The summed E-state index contributed by atoms with van der Waals surface area (Å²) < 4.78 is 0. The maximum Gasteiger partial charge on any atom is 0.226 e. The Kier molecular flexibility index (Phi) is 2.74. The van der Waals surface area contributed by atoms with E-state index in [0.717, 1.165) is 24.1 Å². The summed E-state index contributed by atoms with van der Waals surface area (Å²) in [4.78, 5) is 1.14. The van der Waals surface area contributed by atoms with E-state index in [1.807, 2.05) is 0 Å². The SMILES string of the molecule is CC1=CC2(N=[N+]([O-])C34C=C(C)CCC3C4(C)C)C(CC1)C2(C)C. The summed E-state index contributed by atoms with van der Waals surface area (Å²) in [7, 11) is 0. The first-order valence-electron chi connectivity index (χ1n) is 9.16. The molecule has 4 atom stereocenters. The van der Waals surface area contributed by atoms with Crippen molar-refractivity contribution in [3.63, 3.8) is 0 Å². The maximum atomic E-state index is 13.3. The maximum absolute atomic E-state index is 13.3. The second-order valence-electron chi connectivity index (χ2n) is 9.63. The van der Waals surface area contributed by atoms with Gasteiger partial charge in [0.05, 0.1) is 0 Å². The van der Waals surface area contributed by atoms with Crippen molar-refractivity contribution in [1.82, 2.24) is 0 Å². The molecule has 126 valence electrons. The molecule has 3 heteroatoms. The third-order valence-corrected chi connectivity index (χ3v) is 7.86. The molecular weight excluding hydrogens is 284 g/mol. The van der Waals surface area contributed by atoms with E-state index in [2.05, 4.69) is 53.7 Å². The molecule has 0 amide bonds. The summed E-state index contributed by atoms with van der Waals surface area (Å²) in [6, 6.07) is 0. The van der Waals surface area contributed by atoms with Crippen LogP contribution in [0.1, 0.15) is 67.2 Å². The molecule has 0 radical (unpaired) electrons. The molecular formula is C20H30N2O. The molecule has 0 aromatic carbocycles. The molecule has 4 unspecified atom stereocenters. The van der Waals surface area contributed by atoms with Gasteiger partial charge in [0, 0.05) is 22.7 Å². The minimum absolute atomic E-state index is 0.0363. The summed E-state index contributed by atoms with van der Waals surface area (Å²) >= 11 is 0. The number of allylic oxidation sites excluding steroid dienone is 2. The lowest BCUT2D eigenvalue weighted by Crippen LogP contribution is -2.31. The minimum atomic E-state index is -0.396. The van der Waals surface area contributed by atoms with Gasteiger partial charge in [-0.25, -0.2) is 0 Å². The zero-order valence-corrected chi connectivity index (χ0v) is 15.4. The van der Waals surface area contributed by atoms with Gasteiger partial charge in [-0.15, -0.1) is 0 Å². The zero-order valence-electron chi connectivity index (χ0n) is 15.4. The molecule has 0 bridgehead atoms. The Morgan fingerprint density at radius 1 is 0.957 bits per heavy atom. The largest absolute Gasteiger partial charge is 0.599 e. The zero-order chi connectivity index (χ0) is 16.8. The molecule has 3 nitrogen and oxygen atoms in total. The summed E-state index contributed by atoms with van der Waals surface area (Å²) in [5.74, 6) is 0.978. The highest BCUT2D eigenvalue weighted by atomic mass is 16.5. The van der Waals surface area contributed by atoms with Gasteiger partial charge in [0.25, 0.3) is 0 Å². The Hall–Kier alpha value is -1.12. The molecule has 0 heterocycles. The highest BCUT2D eigenvalue weighted by molar-refractivity contribution is 5.38. The standard InChI is InChI=1S/C20H30N2O/c1-13-7-9-15-17(3,4)19(15,11-13)21-22(23)20-12-14(2)8-10-16(20)18(20,5)6/h11-12,15-16H,7-10H2,1-6H3. The fraction of sp³-hybridized carbons (Fsp3) is 0.800. The number of azo groups is 1. The third kappa shape index (κ3) is 1.62. The van der Waals surface area contributed by atoms with Crippen LogP contribution in [-0.2, 0) is 0 Å². The molecule has 0 spiro atoms. The van der Waals surface area contributed by atoms with E-state index in [4.69, 9.17) is 5.11 Å². The molecule has 4 aliphatic carbocycles. The summed E-state index contributed by atoms with van der Waals surface area (Å²) in [6.45, 7) is 13.4. The van der Waals surface area contributed by atoms with Crippen LogP contribution in [-0.4, -0.2) is 15.9 Å². The van der Waals surface area contributed by atoms with Crippen molar-refractivity contribution in [2.75, 3.05) is 0 Å². The number of rotatable bonds is 2. The van der Waals surface area contributed by atoms with E-state index < -0.39 is 5.54 Å². The number of fused-ring (bicyclic) bond motifs is 2. The van der Waals surface area contributed by atoms with E-state index in [-0.39, 0.29) is 16.4 Å². The number of hydrogen-bond donors (Lipinski definition) is 0. The van der Waals surface area contributed by atoms with Crippen LogP contribution < -0.4 is 0 Å². The molecule has 0 saturated heterocycles. The minimum Gasteiger partial charge on any atom is -0.599 e. The smallest absolute Gasteiger partial charge is 0.226 e. The Labute approximate surface area is 140 Å². The molecule has 0 aromatic rings. The van der Waals surface area contributed by atoms with Gasteiger partial charge in [0.1, 0.15) is 0 Å². The predicted molar refractivity (Wildman–Crippen MR) is 92.0 cm³/mol. The first kappa shape index (κ1) is 15.4. The van der Waals surface area contributed by atoms with Crippen molar-refractivity contribution in [2.45, 2.75) is 78.3 Å². The molecule has 2 fully saturated rings. The van der Waals surface area contributed by atoms with Gasteiger partial charge in [0.15, 0.2) is 5.54 Å². The summed E-state index contributed by atoms with van der Waals surface area (Å²) in [6.07, 6.45) is 9.11. The lowest BCUT2D eigenvalue weighted by molar-refractivity contribution is -0.585. The van der Waals surface area contributed by atoms with E-state index in [9.17, 15) is 5.21 Å². The van der Waals surface area contributed by atoms with Crippen molar-refractivity contribution in [3.8, 4) is 0 Å². The Bertz CT molecular complexity index is 669. The van der Waals surface area contributed by atoms with Crippen molar-refractivity contribution >= 4 is 0 Å². The van der Waals surface area contributed by atoms with Gasteiger partial charge in [-0.1, -0.05) is 49.8 Å². The summed E-state index contributed by atoms with van der Waals surface area (Å²) in [5, 5.41) is 18.2. The van der Waals surface area contributed by atoms with Crippen molar-refractivity contribution < 1.29 is 4.86 Å². The molecule has 2 saturated carbocycles. The Balaban J connectivity index is 1.78. The van der Waals surface area contributed by atoms with E-state index >= 15 is 0 Å². The van der Waals surface area contributed by atoms with Gasteiger partial charge in [-0.3, -0.25) is 0 Å². The van der Waals surface area contributed by atoms with Crippen LogP contribution in [0.3, 0.4) is 0 Å². The van der Waals surface area contributed by atoms with Crippen LogP contribution in [0.5, 0.6) is 0 Å². The van der Waals surface area contributed by atoms with Crippen LogP contribution in [0.15, 0.2) is 28.4 Å². The average Bonchev–Trinajstić information content (AvgIpc) is 3.14. The van der Waals surface area contributed by atoms with Crippen LogP contribution in [0, 0.1) is 27.9 Å². The highest BCUT2D eigenvalue weighted by Gasteiger charge is 2.81. The molecule has 4 aliphatic rings. The van der Waals surface area contributed by atoms with Gasteiger partial charge in [-0.2, -0.15) is 0 Å². The monoisotopic (exact) mass is 314 g/mol. The van der Waals surface area contributed by atoms with Crippen LogP contribution in [0.25, 0.3) is 0 Å². The molecule has 4 rings (SSSR count).